The van der Waals surface area contributed by atoms with Crippen molar-refractivity contribution in [3.63, 3.8) is 0 Å². The van der Waals surface area contributed by atoms with Crippen LogP contribution in [-0.2, 0) is 0 Å². The summed E-state index contributed by atoms with van der Waals surface area (Å²) in [5.74, 6) is 0.484. The van der Waals surface area contributed by atoms with Gasteiger partial charge in [-0.1, -0.05) is 53.5 Å². The van der Waals surface area contributed by atoms with Crippen molar-refractivity contribution in [3.05, 3.63) is 100 Å². The average molecular weight is 408 g/mol. The van der Waals surface area contributed by atoms with Gasteiger partial charge in [0.1, 0.15) is 11.8 Å². The Morgan fingerprint density at radius 2 is 1.46 bits per heavy atom. The van der Waals surface area contributed by atoms with Crippen LogP contribution in [0.1, 0.15) is 17.2 Å². The maximum Gasteiger partial charge on any atom is 0.178 e. The van der Waals surface area contributed by atoms with Crippen LogP contribution in [0.15, 0.2) is 79.1 Å². The highest BCUT2D eigenvalue weighted by atomic mass is 35.5. The van der Waals surface area contributed by atoms with Gasteiger partial charge in [0.05, 0.1) is 5.69 Å². The molecular formula is C22H15Cl2N3O. The number of hydrogen-bond acceptors (Lipinski definition) is 4. The lowest BCUT2D eigenvalue weighted by molar-refractivity contribution is 0.220. The van der Waals surface area contributed by atoms with Gasteiger partial charge < -0.3 is 5.11 Å². The number of hydrogen-bond donors (Lipinski definition) is 1. The molecule has 0 fully saturated rings. The highest BCUT2D eigenvalue weighted by Gasteiger charge is 2.19. The van der Waals surface area contributed by atoms with E-state index in [4.69, 9.17) is 28.2 Å². The van der Waals surface area contributed by atoms with E-state index in [2.05, 4.69) is 9.97 Å². The summed E-state index contributed by atoms with van der Waals surface area (Å²) < 4.78 is 0. The fourth-order valence-corrected chi connectivity index (χ4v) is 3.13. The van der Waals surface area contributed by atoms with Crippen molar-refractivity contribution in [2.24, 2.45) is 0 Å². The van der Waals surface area contributed by atoms with Gasteiger partial charge in [-0.05, 0) is 42.0 Å². The van der Waals surface area contributed by atoms with E-state index in [9.17, 15) is 5.11 Å². The number of rotatable bonds is 4. The van der Waals surface area contributed by atoms with Crippen LogP contribution in [0.25, 0.3) is 22.8 Å². The Balaban J connectivity index is 1.85. The molecule has 0 spiro atoms. The van der Waals surface area contributed by atoms with Crippen molar-refractivity contribution < 1.29 is 5.11 Å². The second-order valence-electron chi connectivity index (χ2n) is 6.17. The van der Waals surface area contributed by atoms with Crippen molar-refractivity contribution >= 4 is 23.2 Å². The highest BCUT2D eigenvalue weighted by molar-refractivity contribution is 6.30. The number of benzene rings is 2. The summed E-state index contributed by atoms with van der Waals surface area (Å²) in [6.45, 7) is 0. The maximum absolute atomic E-state index is 11.0. The van der Waals surface area contributed by atoms with Crippen LogP contribution in [0.4, 0.5) is 0 Å². The Kier molecular flexibility index (Phi) is 5.35. The van der Waals surface area contributed by atoms with Gasteiger partial charge in [0.25, 0.3) is 0 Å². The summed E-state index contributed by atoms with van der Waals surface area (Å²) in [7, 11) is 0. The van der Waals surface area contributed by atoms with Crippen LogP contribution >= 0.6 is 23.2 Å². The SMILES string of the molecule is OC(c1ccc(Cl)cc1)c1cnc(-c2ccccn2)nc1-c1ccc(Cl)cc1. The predicted molar refractivity (Wildman–Crippen MR) is 111 cm³/mol. The molecule has 2 aromatic heterocycles. The minimum atomic E-state index is -0.902. The first-order valence-electron chi connectivity index (χ1n) is 8.59. The van der Waals surface area contributed by atoms with Crippen LogP contribution < -0.4 is 0 Å². The van der Waals surface area contributed by atoms with E-state index < -0.39 is 6.10 Å². The minimum absolute atomic E-state index is 0.484. The van der Waals surface area contributed by atoms with E-state index in [1.165, 1.54) is 0 Å². The Morgan fingerprint density at radius 3 is 2.11 bits per heavy atom. The molecule has 1 unspecified atom stereocenters. The van der Waals surface area contributed by atoms with Gasteiger partial charge in [-0.3, -0.25) is 4.98 Å². The number of aromatic nitrogens is 3. The van der Waals surface area contributed by atoms with E-state index in [1.807, 2.05) is 30.3 Å². The molecule has 6 heteroatoms. The topological polar surface area (TPSA) is 58.9 Å². The summed E-state index contributed by atoms with van der Waals surface area (Å²) in [5.41, 5.74) is 3.39. The standard InChI is InChI=1S/C22H15Cl2N3O/c23-16-8-4-14(5-9-16)20-18(21(28)15-6-10-17(24)11-7-15)13-26-22(27-20)19-3-1-2-12-25-19/h1-13,21,28H. The molecule has 4 nitrogen and oxygen atoms in total. The Morgan fingerprint density at radius 1 is 0.786 bits per heavy atom. The maximum atomic E-state index is 11.0. The molecule has 0 bridgehead atoms. The zero-order chi connectivity index (χ0) is 19.5. The number of aliphatic hydroxyl groups is 1. The van der Waals surface area contributed by atoms with E-state index >= 15 is 0 Å². The molecule has 0 aliphatic heterocycles. The number of aliphatic hydroxyl groups excluding tert-OH is 1. The monoisotopic (exact) mass is 407 g/mol. The first-order chi connectivity index (χ1) is 13.6. The van der Waals surface area contributed by atoms with Gasteiger partial charge in [0.15, 0.2) is 5.82 Å². The quantitative estimate of drug-likeness (QED) is 0.478. The van der Waals surface area contributed by atoms with E-state index in [0.29, 0.717) is 38.4 Å². The zero-order valence-electron chi connectivity index (χ0n) is 14.6. The molecule has 1 N–H and O–H groups in total. The average Bonchev–Trinajstić information content (AvgIpc) is 2.74. The molecule has 138 valence electrons. The third-order valence-corrected chi connectivity index (χ3v) is 4.81. The van der Waals surface area contributed by atoms with Crippen molar-refractivity contribution in [3.8, 4) is 22.8 Å². The van der Waals surface area contributed by atoms with Crippen LogP contribution in [0.3, 0.4) is 0 Å². The van der Waals surface area contributed by atoms with Crippen LogP contribution in [-0.4, -0.2) is 20.1 Å². The first kappa shape index (κ1) is 18.6. The Bertz CT molecular complexity index is 1090. The van der Waals surface area contributed by atoms with E-state index in [-0.39, 0.29) is 0 Å². The fraction of sp³-hybridized carbons (Fsp3) is 0.0455. The first-order valence-corrected chi connectivity index (χ1v) is 9.35. The molecule has 4 aromatic rings. The summed E-state index contributed by atoms with van der Waals surface area (Å²) >= 11 is 12.0. The molecule has 2 aromatic carbocycles. The van der Waals surface area contributed by atoms with Crippen molar-refractivity contribution in [1.29, 1.82) is 0 Å². The number of pyridine rings is 1. The molecule has 0 radical (unpaired) electrons. The largest absolute Gasteiger partial charge is 0.384 e. The lowest BCUT2D eigenvalue weighted by Crippen LogP contribution is -2.06. The molecule has 28 heavy (non-hydrogen) atoms. The smallest absolute Gasteiger partial charge is 0.178 e. The summed E-state index contributed by atoms with van der Waals surface area (Å²) in [6.07, 6.45) is 2.43. The van der Waals surface area contributed by atoms with Gasteiger partial charge in [-0.15, -0.1) is 0 Å². The highest BCUT2D eigenvalue weighted by Crippen LogP contribution is 2.32. The van der Waals surface area contributed by atoms with Gasteiger partial charge in [-0.2, -0.15) is 0 Å². The molecule has 0 aliphatic rings. The molecule has 0 saturated carbocycles. The molecular weight excluding hydrogens is 393 g/mol. The summed E-state index contributed by atoms with van der Waals surface area (Å²) in [5, 5.41) is 12.2. The lowest BCUT2D eigenvalue weighted by atomic mass is 9.98. The van der Waals surface area contributed by atoms with Gasteiger partial charge in [0, 0.05) is 33.6 Å². The molecule has 0 amide bonds. The Labute approximate surface area is 172 Å². The number of halogens is 2. The second kappa shape index (κ2) is 8.07. The van der Waals surface area contributed by atoms with E-state index in [0.717, 1.165) is 5.56 Å². The van der Waals surface area contributed by atoms with Crippen LogP contribution in [0.2, 0.25) is 10.0 Å². The molecule has 0 saturated heterocycles. The number of nitrogens with zero attached hydrogens (tertiary/aromatic N) is 3. The second-order valence-corrected chi connectivity index (χ2v) is 7.05. The normalized spacial score (nSPS) is 12.0. The molecule has 1 atom stereocenters. The molecule has 0 aliphatic carbocycles. The zero-order valence-corrected chi connectivity index (χ0v) is 16.1. The Hall–Kier alpha value is -2.79. The molecule has 4 rings (SSSR count). The van der Waals surface area contributed by atoms with Crippen molar-refractivity contribution in [1.82, 2.24) is 15.0 Å². The van der Waals surface area contributed by atoms with Crippen LogP contribution in [0.5, 0.6) is 0 Å². The third kappa shape index (κ3) is 3.90. The van der Waals surface area contributed by atoms with Gasteiger partial charge >= 0.3 is 0 Å². The molecule has 2 heterocycles. The summed E-state index contributed by atoms with van der Waals surface area (Å²) in [4.78, 5) is 13.5. The van der Waals surface area contributed by atoms with Crippen molar-refractivity contribution in [2.45, 2.75) is 6.10 Å². The third-order valence-electron chi connectivity index (χ3n) is 4.31. The van der Waals surface area contributed by atoms with E-state index in [1.54, 1.807) is 48.8 Å². The van der Waals surface area contributed by atoms with Crippen molar-refractivity contribution in [2.75, 3.05) is 0 Å². The summed E-state index contributed by atoms with van der Waals surface area (Å²) in [6, 6.07) is 19.9. The fourth-order valence-electron chi connectivity index (χ4n) is 2.87. The minimum Gasteiger partial charge on any atom is -0.384 e. The predicted octanol–water partition coefficient (Wildman–Crippen LogP) is 5.59. The van der Waals surface area contributed by atoms with Gasteiger partial charge in [-0.25, -0.2) is 9.97 Å². The van der Waals surface area contributed by atoms with Gasteiger partial charge in [0.2, 0.25) is 0 Å². The van der Waals surface area contributed by atoms with Crippen LogP contribution in [0, 0.1) is 0 Å². The lowest BCUT2D eigenvalue weighted by Gasteiger charge is -2.16.